The molecule has 0 amide bonds. The van der Waals surface area contributed by atoms with Gasteiger partial charge in [-0.05, 0) is 29.7 Å². The molecular formula is C22H17N3O3S. The summed E-state index contributed by atoms with van der Waals surface area (Å²) >= 11 is 1.31. The summed E-state index contributed by atoms with van der Waals surface area (Å²) in [6, 6.07) is 19.0. The molecule has 0 fully saturated rings. The largest absolute Gasteiger partial charge is 0.453 e. The number of esters is 1. The maximum Gasteiger partial charge on any atom is 0.348 e. The fourth-order valence-electron chi connectivity index (χ4n) is 3.41. The lowest BCUT2D eigenvalue weighted by Gasteiger charge is -2.19. The van der Waals surface area contributed by atoms with E-state index in [1.54, 1.807) is 30.0 Å². The summed E-state index contributed by atoms with van der Waals surface area (Å²) in [5.74, 6) is -0.640. The van der Waals surface area contributed by atoms with Crippen molar-refractivity contribution in [1.82, 2.24) is 0 Å². The molecule has 0 aliphatic carbocycles. The second-order valence-corrected chi connectivity index (χ2v) is 7.65. The van der Waals surface area contributed by atoms with E-state index in [1.807, 2.05) is 54.6 Å². The number of fused-ring (bicyclic) bond motifs is 2. The van der Waals surface area contributed by atoms with Crippen molar-refractivity contribution in [3.05, 3.63) is 70.9 Å². The Hall–Kier alpha value is -3.63. The van der Waals surface area contributed by atoms with Gasteiger partial charge in [0.15, 0.2) is 6.61 Å². The van der Waals surface area contributed by atoms with Crippen molar-refractivity contribution in [2.75, 3.05) is 30.5 Å². The van der Waals surface area contributed by atoms with Crippen LogP contribution in [0.5, 0.6) is 0 Å². The van der Waals surface area contributed by atoms with E-state index in [1.165, 1.54) is 11.3 Å². The molecule has 0 atom stereocenters. The van der Waals surface area contributed by atoms with Gasteiger partial charge in [0.25, 0.3) is 0 Å². The van der Waals surface area contributed by atoms with Crippen molar-refractivity contribution in [2.24, 2.45) is 0 Å². The second-order valence-electron chi connectivity index (χ2n) is 6.56. The van der Waals surface area contributed by atoms with Crippen LogP contribution < -0.4 is 9.80 Å². The molecule has 0 bridgehead atoms. The lowest BCUT2D eigenvalue weighted by atomic mass is 10.2. The van der Waals surface area contributed by atoms with Crippen LogP contribution in [0.4, 0.5) is 11.4 Å². The van der Waals surface area contributed by atoms with E-state index in [0.29, 0.717) is 10.7 Å². The van der Waals surface area contributed by atoms with E-state index in [2.05, 4.69) is 0 Å². The number of nitriles is 1. The molecule has 7 heteroatoms. The van der Waals surface area contributed by atoms with E-state index < -0.39 is 18.4 Å². The summed E-state index contributed by atoms with van der Waals surface area (Å²) in [5, 5.41) is 10.6. The van der Waals surface area contributed by atoms with Gasteiger partial charge in [-0.15, -0.1) is 11.3 Å². The molecule has 2 aromatic carbocycles. The highest BCUT2D eigenvalue weighted by atomic mass is 32.1. The normalized spacial score (nSPS) is 12.7. The maximum absolute atomic E-state index is 12.7. The number of carbonyl (C=O) groups excluding carboxylic acids is 2. The van der Waals surface area contributed by atoms with Gasteiger partial charge in [-0.2, -0.15) is 5.26 Å². The van der Waals surface area contributed by atoms with Crippen molar-refractivity contribution in [2.45, 2.75) is 0 Å². The summed E-state index contributed by atoms with van der Waals surface area (Å²) in [7, 11) is 3.59. The summed E-state index contributed by atoms with van der Waals surface area (Å²) in [6.07, 6.45) is 0. The van der Waals surface area contributed by atoms with Crippen LogP contribution in [0.25, 0.3) is 10.1 Å². The molecule has 0 saturated carbocycles. The van der Waals surface area contributed by atoms with Crippen molar-refractivity contribution < 1.29 is 14.3 Å². The first-order valence-electron chi connectivity index (χ1n) is 8.91. The zero-order valence-electron chi connectivity index (χ0n) is 15.9. The van der Waals surface area contributed by atoms with Crippen molar-refractivity contribution in [3.63, 3.8) is 0 Å². The Balaban J connectivity index is 1.53. The molecule has 3 aromatic rings. The molecular weight excluding hydrogens is 386 g/mol. The minimum absolute atomic E-state index is 0.0460. The molecule has 144 valence electrons. The average molecular weight is 403 g/mol. The van der Waals surface area contributed by atoms with Crippen LogP contribution in [0, 0.1) is 11.3 Å². The van der Waals surface area contributed by atoms with E-state index in [9.17, 15) is 14.9 Å². The Labute approximate surface area is 171 Å². The minimum atomic E-state index is -0.571. The highest BCUT2D eigenvalue weighted by Crippen LogP contribution is 2.40. The number of Topliss-reactive ketones (excluding diaryl/α,β-unsaturated/α-hetero) is 1. The predicted octanol–water partition coefficient (Wildman–Crippen LogP) is 3.95. The first-order chi connectivity index (χ1) is 14.0. The highest BCUT2D eigenvalue weighted by molar-refractivity contribution is 7.20. The van der Waals surface area contributed by atoms with Gasteiger partial charge in [0.05, 0.1) is 11.4 Å². The Morgan fingerprint density at radius 3 is 2.28 bits per heavy atom. The molecule has 0 saturated heterocycles. The molecule has 29 heavy (non-hydrogen) atoms. The standard InChI is InChI=1S/C22H17N3O3S/c1-24-16-8-4-5-9-17(16)25(2)21(24)15(12-23)18(26)13-28-22(27)20-11-14-7-3-6-10-19(14)29-20/h3-11H,13H2,1-2H3. The molecule has 0 spiro atoms. The van der Waals surface area contributed by atoms with Gasteiger partial charge < -0.3 is 14.5 Å². The molecule has 0 N–H and O–H groups in total. The van der Waals surface area contributed by atoms with Crippen LogP contribution in [-0.4, -0.2) is 32.5 Å². The molecule has 1 aromatic heterocycles. The summed E-state index contributed by atoms with van der Waals surface area (Å²) in [5.41, 5.74) is 1.75. The Morgan fingerprint density at radius 1 is 1.03 bits per heavy atom. The van der Waals surface area contributed by atoms with Crippen LogP contribution in [0.1, 0.15) is 9.67 Å². The van der Waals surface area contributed by atoms with E-state index in [0.717, 1.165) is 21.5 Å². The summed E-state index contributed by atoms with van der Waals surface area (Å²) in [6.45, 7) is -0.489. The minimum Gasteiger partial charge on any atom is -0.453 e. The van der Waals surface area contributed by atoms with Crippen LogP contribution in [-0.2, 0) is 9.53 Å². The van der Waals surface area contributed by atoms with Gasteiger partial charge in [-0.1, -0.05) is 30.3 Å². The fraction of sp³-hybridized carbons (Fsp3) is 0.136. The first kappa shape index (κ1) is 18.7. The third-order valence-electron chi connectivity index (χ3n) is 4.82. The van der Waals surface area contributed by atoms with Crippen LogP contribution >= 0.6 is 11.3 Å². The number of nitrogens with zero attached hydrogens (tertiary/aromatic N) is 3. The number of hydrogen-bond donors (Lipinski definition) is 0. The second kappa shape index (κ2) is 7.41. The number of para-hydroxylation sites is 2. The number of rotatable bonds is 4. The predicted molar refractivity (Wildman–Crippen MR) is 113 cm³/mol. The van der Waals surface area contributed by atoms with Gasteiger partial charge in [-0.3, -0.25) is 4.79 Å². The SMILES string of the molecule is CN1C(=C(C#N)C(=O)COC(=O)c2cc3ccccc3s2)N(C)c2ccccc21. The van der Waals surface area contributed by atoms with Crippen LogP contribution in [0.15, 0.2) is 66.0 Å². The molecule has 6 nitrogen and oxygen atoms in total. The third-order valence-corrected chi connectivity index (χ3v) is 5.91. The molecule has 1 aliphatic heterocycles. The number of anilines is 2. The number of ether oxygens (including phenoxy) is 1. The van der Waals surface area contributed by atoms with Gasteiger partial charge in [0.1, 0.15) is 22.3 Å². The number of hydrogen-bond acceptors (Lipinski definition) is 7. The van der Waals surface area contributed by atoms with Crippen LogP contribution in [0.3, 0.4) is 0 Å². The lowest BCUT2D eigenvalue weighted by molar-refractivity contribution is -0.118. The first-order valence-corrected chi connectivity index (χ1v) is 9.72. The summed E-state index contributed by atoms with van der Waals surface area (Å²) < 4.78 is 6.18. The highest BCUT2D eigenvalue weighted by Gasteiger charge is 2.31. The number of carbonyl (C=O) groups is 2. The van der Waals surface area contributed by atoms with Crippen LogP contribution in [0.2, 0.25) is 0 Å². The Bertz CT molecular complexity index is 1140. The summed E-state index contributed by atoms with van der Waals surface area (Å²) in [4.78, 5) is 29.1. The van der Waals surface area contributed by atoms with Crippen molar-refractivity contribution in [3.8, 4) is 6.07 Å². The zero-order valence-corrected chi connectivity index (χ0v) is 16.7. The van der Waals surface area contributed by atoms with E-state index in [4.69, 9.17) is 4.74 Å². The van der Waals surface area contributed by atoms with Gasteiger partial charge in [0, 0.05) is 18.8 Å². The zero-order chi connectivity index (χ0) is 20.5. The number of ketones is 1. The average Bonchev–Trinajstić information content (AvgIpc) is 3.28. The molecule has 1 aliphatic rings. The quantitative estimate of drug-likeness (QED) is 0.373. The maximum atomic E-state index is 12.7. The topological polar surface area (TPSA) is 73.6 Å². The van der Waals surface area contributed by atoms with E-state index in [-0.39, 0.29) is 5.57 Å². The third kappa shape index (κ3) is 3.24. The lowest BCUT2D eigenvalue weighted by Crippen LogP contribution is -2.27. The molecule has 4 rings (SSSR count). The fourth-order valence-corrected chi connectivity index (χ4v) is 4.37. The van der Waals surface area contributed by atoms with Crippen molar-refractivity contribution in [1.29, 1.82) is 5.26 Å². The molecule has 2 heterocycles. The molecule has 0 radical (unpaired) electrons. The molecule has 0 unspecified atom stereocenters. The Kier molecular flexibility index (Phi) is 4.79. The smallest absolute Gasteiger partial charge is 0.348 e. The number of benzene rings is 2. The van der Waals surface area contributed by atoms with E-state index >= 15 is 0 Å². The van der Waals surface area contributed by atoms with Gasteiger partial charge in [-0.25, -0.2) is 4.79 Å². The number of thiophene rings is 1. The van der Waals surface area contributed by atoms with Gasteiger partial charge >= 0.3 is 5.97 Å². The monoisotopic (exact) mass is 403 g/mol. The Morgan fingerprint density at radius 2 is 1.66 bits per heavy atom. The van der Waals surface area contributed by atoms with Crippen molar-refractivity contribution >= 4 is 44.6 Å². The van der Waals surface area contributed by atoms with Gasteiger partial charge in [0.2, 0.25) is 5.78 Å².